The molecule has 0 aliphatic carbocycles. The van der Waals surface area contributed by atoms with Gasteiger partial charge in [-0.3, -0.25) is 0 Å². The lowest BCUT2D eigenvalue weighted by molar-refractivity contribution is 0.521. The van der Waals surface area contributed by atoms with Crippen LogP contribution >= 0.6 is 0 Å². The average Bonchev–Trinajstić information content (AvgIpc) is 2.73. The molecule has 3 nitrogen and oxygen atoms in total. The molecule has 4 heteroatoms. The highest BCUT2D eigenvalue weighted by Crippen LogP contribution is 2.22. The monoisotopic (exact) mass is 285 g/mol. The van der Waals surface area contributed by atoms with Crippen LogP contribution in [0, 0.1) is 11.7 Å². The highest BCUT2D eigenvalue weighted by molar-refractivity contribution is 5.59. The minimum atomic E-state index is -0.234. The lowest BCUT2D eigenvalue weighted by Crippen LogP contribution is -2.25. The zero-order chi connectivity index (χ0) is 14.7. The fourth-order valence-corrected chi connectivity index (χ4v) is 2.76. The average molecular weight is 285 g/mol. The molecule has 0 N–H and O–H groups in total. The van der Waals surface area contributed by atoms with Crippen LogP contribution in [0.1, 0.15) is 26.2 Å². The van der Waals surface area contributed by atoms with Crippen LogP contribution in [0.4, 0.5) is 10.2 Å². The first-order valence-electron chi connectivity index (χ1n) is 7.57. The fraction of sp³-hybridized carbons (Fsp3) is 0.412. The van der Waals surface area contributed by atoms with Gasteiger partial charge >= 0.3 is 0 Å². The Bertz CT molecular complexity index is 580. The third-order valence-electron chi connectivity index (χ3n) is 4.13. The summed E-state index contributed by atoms with van der Waals surface area (Å²) in [5.41, 5.74) is 1.67. The molecule has 1 aromatic carbocycles. The van der Waals surface area contributed by atoms with E-state index in [0.29, 0.717) is 0 Å². The van der Waals surface area contributed by atoms with Crippen LogP contribution in [0.5, 0.6) is 0 Å². The van der Waals surface area contributed by atoms with Gasteiger partial charge in [0.2, 0.25) is 0 Å². The van der Waals surface area contributed by atoms with Gasteiger partial charge in [-0.2, -0.15) is 0 Å². The molecule has 2 heterocycles. The molecule has 0 saturated carbocycles. The third kappa shape index (κ3) is 3.38. The molecule has 1 fully saturated rings. The van der Waals surface area contributed by atoms with Gasteiger partial charge in [0.05, 0.1) is 5.69 Å². The van der Waals surface area contributed by atoms with E-state index in [-0.39, 0.29) is 5.82 Å². The first-order chi connectivity index (χ1) is 10.2. The molecule has 0 amide bonds. The fourth-order valence-electron chi connectivity index (χ4n) is 2.76. The van der Waals surface area contributed by atoms with E-state index in [9.17, 15) is 4.39 Å². The summed E-state index contributed by atoms with van der Waals surface area (Å²) in [6.07, 6.45) is 3.71. The summed E-state index contributed by atoms with van der Waals surface area (Å²) in [4.78, 5) is 2.31. The van der Waals surface area contributed by atoms with E-state index in [4.69, 9.17) is 0 Å². The van der Waals surface area contributed by atoms with E-state index in [2.05, 4.69) is 22.0 Å². The van der Waals surface area contributed by atoms with E-state index in [0.717, 1.165) is 36.1 Å². The largest absolute Gasteiger partial charge is 0.355 e. The van der Waals surface area contributed by atoms with Crippen LogP contribution < -0.4 is 4.90 Å². The van der Waals surface area contributed by atoms with Crippen molar-refractivity contribution in [3.05, 3.63) is 42.2 Å². The maximum absolute atomic E-state index is 12.9. The molecule has 1 atom stereocenters. The van der Waals surface area contributed by atoms with Crippen molar-refractivity contribution in [2.45, 2.75) is 26.2 Å². The van der Waals surface area contributed by atoms with Gasteiger partial charge in [0.15, 0.2) is 5.82 Å². The number of halogens is 1. The van der Waals surface area contributed by atoms with Crippen LogP contribution in [0.15, 0.2) is 36.4 Å². The zero-order valence-electron chi connectivity index (χ0n) is 12.3. The maximum atomic E-state index is 12.9. The van der Waals surface area contributed by atoms with Crippen LogP contribution in [0.2, 0.25) is 0 Å². The van der Waals surface area contributed by atoms with Gasteiger partial charge in [-0.15, -0.1) is 10.2 Å². The van der Waals surface area contributed by atoms with Crippen LogP contribution in [-0.2, 0) is 0 Å². The SMILES string of the molecule is CC1CCCN(c2ccc(-c3ccc(F)cc3)nn2)CC1. The first-order valence-corrected chi connectivity index (χ1v) is 7.57. The Morgan fingerprint density at radius 2 is 1.81 bits per heavy atom. The Morgan fingerprint density at radius 1 is 1.00 bits per heavy atom. The van der Waals surface area contributed by atoms with Crippen molar-refractivity contribution in [2.24, 2.45) is 5.92 Å². The summed E-state index contributed by atoms with van der Waals surface area (Å²) in [5.74, 6) is 1.50. The summed E-state index contributed by atoms with van der Waals surface area (Å²) in [5, 5.41) is 8.64. The topological polar surface area (TPSA) is 29.0 Å². The number of anilines is 1. The third-order valence-corrected chi connectivity index (χ3v) is 4.13. The highest BCUT2D eigenvalue weighted by Gasteiger charge is 2.15. The Balaban J connectivity index is 1.76. The lowest BCUT2D eigenvalue weighted by atomic mass is 10.0. The molecule has 1 unspecified atom stereocenters. The number of benzene rings is 1. The van der Waals surface area contributed by atoms with Crippen molar-refractivity contribution in [1.29, 1.82) is 0 Å². The van der Waals surface area contributed by atoms with Crippen molar-refractivity contribution in [3.63, 3.8) is 0 Å². The molecular formula is C17H20FN3. The molecule has 2 aromatic rings. The number of nitrogens with zero attached hydrogens (tertiary/aromatic N) is 3. The van der Waals surface area contributed by atoms with E-state index in [1.807, 2.05) is 12.1 Å². The highest BCUT2D eigenvalue weighted by atomic mass is 19.1. The summed E-state index contributed by atoms with van der Waals surface area (Å²) in [6.45, 7) is 4.41. The zero-order valence-corrected chi connectivity index (χ0v) is 12.3. The molecule has 0 radical (unpaired) electrons. The summed E-state index contributed by atoms with van der Waals surface area (Å²) in [6, 6.07) is 10.3. The number of hydrogen-bond acceptors (Lipinski definition) is 3. The predicted octanol–water partition coefficient (Wildman–Crippen LogP) is 3.91. The van der Waals surface area contributed by atoms with Crippen molar-refractivity contribution in [2.75, 3.05) is 18.0 Å². The maximum Gasteiger partial charge on any atom is 0.151 e. The second-order valence-electron chi connectivity index (χ2n) is 5.81. The van der Waals surface area contributed by atoms with E-state index < -0.39 is 0 Å². The molecule has 1 saturated heterocycles. The Kier molecular flexibility index (Phi) is 4.13. The van der Waals surface area contributed by atoms with E-state index >= 15 is 0 Å². The normalized spacial score (nSPS) is 19.3. The van der Waals surface area contributed by atoms with Gasteiger partial charge in [0, 0.05) is 18.7 Å². The Hall–Kier alpha value is -1.97. The van der Waals surface area contributed by atoms with Crippen LogP contribution in [0.3, 0.4) is 0 Å². The van der Waals surface area contributed by atoms with Gasteiger partial charge in [-0.25, -0.2) is 4.39 Å². The number of aromatic nitrogens is 2. The molecule has 0 bridgehead atoms. The summed E-state index contributed by atoms with van der Waals surface area (Å²) < 4.78 is 12.9. The molecule has 1 aliphatic heterocycles. The summed E-state index contributed by atoms with van der Waals surface area (Å²) in [7, 11) is 0. The number of hydrogen-bond donors (Lipinski definition) is 0. The Labute approximate surface area is 124 Å². The van der Waals surface area contributed by atoms with E-state index in [1.165, 1.54) is 31.4 Å². The predicted molar refractivity (Wildman–Crippen MR) is 82.7 cm³/mol. The molecular weight excluding hydrogens is 265 g/mol. The van der Waals surface area contributed by atoms with Crippen molar-refractivity contribution >= 4 is 5.82 Å². The Morgan fingerprint density at radius 3 is 2.52 bits per heavy atom. The standard InChI is InChI=1S/C17H20FN3/c1-13-3-2-11-21(12-10-13)17-9-8-16(19-20-17)14-4-6-15(18)7-5-14/h4-9,13H,2-3,10-12H2,1H3. The minimum Gasteiger partial charge on any atom is -0.355 e. The minimum absolute atomic E-state index is 0.234. The van der Waals surface area contributed by atoms with Gasteiger partial charge in [0.25, 0.3) is 0 Å². The first kappa shape index (κ1) is 14.0. The lowest BCUT2D eigenvalue weighted by Gasteiger charge is -2.20. The quantitative estimate of drug-likeness (QED) is 0.837. The van der Waals surface area contributed by atoms with Gasteiger partial charge in [-0.05, 0) is 61.6 Å². The van der Waals surface area contributed by atoms with Crippen molar-refractivity contribution < 1.29 is 4.39 Å². The molecule has 0 spiro atoms. The second-order valence-corrected chi connectivity index (χ2v) is 5.81. The molecule has 1 aliphatic rings. The van der Waals surface area contributed by atoms with Crippen molar-refractivity contribution in [3.8, 4) is 11.3 Å². The molecule has 110 valence electrons. The molecule has 3 rings (SSSR count). The molecule has 21 heavy (non-hydrogen) atoms. The van der Waals surface area contributed by atoms with Crippen LogP contribution in [0.25, 0.3) is 11.3 Å². The van der Waals surface area contributed by atoms with Crippen LogP contribution in [-0.4, -0.2) is 23.3 Å². The molecule has 1 aromatic heterocycles. The van der Waals surface area contributed by atoms with Gasteiger partial charge in [-0.1, -0.05) is 6.92 Å². The van der Waals surface area contributed by atoms with Crippen molar-refractivity contribution in [1.82, 2.24) is 10.2 Å². The van der Waals surface area contributed by atoms with Gasteiger partial charge in [0.1, 0.15) is 5.82 Å². The number of rotatable bonds is 2. The van der Waals surface area contributed by atoms with Gasteiger partial charge < -0.3 is 4.90 Å². The van der Waals surface area contributed by atoms with E-state index in [1.54, 1.807) is 12.1 Å². The summed E-state index contributed by atoms with van der Waals surface area (Å²) >= 11 is 0. The smallest absolute Gasteiger partial charge is 0.151 e. The second kappa shape index (κ2) is 6.20.